The number of hydrogen-bond acceptors (Lipinski definition) is 3. The Morgan fingerprint density at radius 1 is 0.938 bits per heavy atom. The largest absolute Gasteiger partial charge is 0.355 e. The molecule has 0 spiro atoms. The minimum atomic E-state index is -3.89. The van der Waals surface area contributed by atoms with Crippen LogP contribution >= 0.6 is 0 Å². The van der Waals surface area contributed by atoms with Crippen molar-refractivity contribution in [2.45, 2.75) is 38.0 Å². The Bertz CT molecular complexity index is 1140. The predicted molar refractivity (Wildman–Crippen MR) is 129 cm³/mol. The van der Waals surface area contributed by atoms with Crippen molar-refractivity contribution < 1.29 is 13.2 Å². The zero-order valence-electron chi connectivity index (χ0n) is 18.6. The van der Waals surface area contributed by atoms with Gasteiger partial charge in [0.05, 0.1) is 10.6 Å². The molecule has 0 saturated carbocycles. The molecule has 0 heterocycles. The van der Waals surface area contributed by atoms with Crippen LogP contribution < -0.4 is 9.62 Å². The van der Waals surface area contributed by atoms with Crippen LogP contribution in [0.15, 0.2) is 83.8 Å². The van der Waals surface area contributed by atoms with Gasteiger partial charge in [-0.1, -0.05) is 73.2 Å². The number of benzene rings is 3. The van der Waals surface area contributed by atoms with Crippen molar-refractivity contribution in [1.29, 1.82) is 0 Å². The van der Waals surface area contributed by atoms with E-state index in [1.165, 1.54) is 15.4 Å². The maximum absolute atomic E-state index is 13.4. The fraction of sp³-hybridized carbons (Fsp3) is 0.269. The van der Waals surface area contributed by atoms with Gasteiger partial charge in [-0.2, -0.15) is 0 Å². The maximum atomic E-state index is 13.4. The fourth-order valence-corrected chi connectivity index (χ4v) is 5.13. The first kappa shape index (κ1) is 23.5. The highest BCUT2D eigenvalue weighted by Gasteiger charge is 2.28. The number of amides is 1. The molecule has 0 aromatic heterocycles. The lowest BCUT2D eigenvalue weighted by Gasteiger charge is -2.26. The zero-order chi connectivity index (χ0) is 23.0. The summed E-state index contributed by atoms with van der Waals surface area (Å²) in [5, 5.41) is 2.88. The number of para-hydroxylation sites is 1. The molecule has 0 aliphatic rings. The Morgan fingerprint density at radius 3 is 2.38 bits per heavy atom. The van der Waals surface area contributed by atoms with Gasteiger partial charge >= 0.3 is 0 Å². The third kappa shape index (κ3) is 5.98. The summed E-state index contributed by atoms with van der Waals surface area (Å²) in [5.41, 5.74) is 3.85. The summed E-state index contributed by atoms with van der Waals surface area (Å²) >= 11 is 0. The molecule has 0 saturated heterocycles. The van der Waals surface area contributed by atoms with Gasteiger partial charge in [0, 0.05) is 6.54 Å². The van der Waals surface area contributed by atoms with E-state index in [9.17, 15) is 13.2 Å². The summed E-state index contributed by atoms with van der Waals surface area (Å²) in [6.07, 6.45) is 2.30. The number of nitrogens with zero attached hydrogens (tertiary/aromatic N) is 1. The maximum Gasteiger partial charge on any atom is 0.264 e. The molecule has 3 rings (SSSR count). The molecular weight excluding hydrogens is 420 g/mol. The van der Waals surface area contributed by atoms with Crippen molar-refractivity contribution in [2.75, 3.05) is 17.4 Å². The van der Waals surface area contributed by atoms with E-state index in [-0.39, 0.29) is 17.3 Å². The molecule has 1 amide bonds. The summed E-state index contributed by atoms with van der Waals surface area (Å²) in [7, 11) is -3.89. The number of aryl methyl sites for hydroxylation is 3. The van der Waals surface area contributed by atoms with Gasteiger partial charge in [-0.3, -0.25) is 9.10 Å². The van der Waals surface area contributed by atoms with E-state index in [0.717, 1.165) is 18.4 Å². The molecule has 3 aromatic rings. The first-order valence-electron chi connectivity index (χ1n) is 10.9. The van der Waals surface area contributed by atoms with E-state index >= 15 is 0 Å². The molecule has 6 heteroatoms. The molecule has 0 bridgehead atoms. The minimum Gasteiger partial charge on any atom is -0.355 e. The molecule has 0 unspecified atom stereocenters. The Labute approximate surface area is 191 Å². The Morgan fingerprint density at radius 2 is 1.66 bits per heavy atom. The fourth-order valence-electron chi connectivity index (χ4n) is 3.65. The second-order valence-electron chi connectivity index (χ2n) is 7.75. The third-order valence-electron chi connectivity index (χ3n) is 5.31. The lowest BCUT2D eigenvalue weighted by atomic mass is 10.1. The van der Waals surface area contributed by atoms with E-state index in [1.54, 1.807) is 42.5 Å². The second kappa shape index (κ2) is 11.0. The van der Waals surface area contributed by atoms with Gasteiger partial charge in [0.2, 0.25) is 5.91 Å². The van der Waals surface area contributed by atoms with Crippen LogP contribution in [0.25, 0.3) is 0 Å². The normalized spacial score (nSPS) is 11.2. The first-order valence-corrected chi connectivity index (χ1v) is 12.3. The van der Waals surface area contributed by atoms with Crippen LogP contribution in [-0.2, 0) is 27.7 Å². The smallest absolute Gasteiger partial charge is 0.264 e. The Kier molecular flexibility index (Phi) is 8.06. The number of anilines is 1. The van der Waals surface area contributed by atoms with Gasteiger partial charge in [-0.25, -0.2) is 8.42 Å². The van der Waals surface area contributed by atoms with Crippen molar-refractivity contribution >= 4 is 21.6 Å². The van der Waals surface area contributed by atoms with Crippen LogP contribution in [0, 0.1) is 6.92 Å². The van der Waals surface area contributed by atoms with Gasteiger partial charge < -0.3 is 5.32 Å². The molecule has 3 aromatic carbocycles. The van der Waals surface area contributed by atoms with Crippen LogP contribution in [0.1, 0.15) is 30.0 Å². The summed E-state index contributed by atoms with van der Waals surface area (Å²) in [5.74, 6) is -0.320. The summed E-state index contributed by atoms with van der Waals surface area (Å²) in [4.78, 5) is 12.9. The van der Waals surface area contributed by atoms with E-state index in [0.29, 0.717) is 18.7 Å². The number of hydrogen-bond donors (Lipinski definition) is 1. The number of carbonyl (C=O) groups is 1. The highest BCUT2D eigenvalue weighted by atomic mass is 32.2. The molecule has 0 fully saturated rings. The molecule has 32 heavy (non-hydrogen) atoms. The molecule has 0 aliphatic heterocycles. The van der Waals surface area contributed by atoms with Crippen LogP contribution in [0.2, 0.25) is 0 Å². The number of nitrogens with one attached hydrogen (secondary N) is 1. The Balaban J connectivity index is 1.73. The molecule has 0 atom stereocenters. The molecule has 1 N–H and O–H groups in total. The van der Waals surface area contributed by atoms with E-state index in [2.05, 4.69) is 30.4 Å². The highest BCUT2D eigenvalue weighted by molar-refractivity contribution is 7.92. The van der Waals surface area contributed by atoms with Crippen molar-refractivity contribution in [1.82, 2.24) is 5.32 Å². The number of sulfonamides is 1. The second-order valence-corrected chi connectivity index (χ2v) is 9.61. The lowest BCUT2D eigenvalue weighted by molar-refractivity contribution is -0.119. The number of rotatable bonds is 10. The Hall–Kier alpha value is -3.12. The van der Waals surface area contributed by atoms with Crippen molar-refractivity contribution in [3.63, 3.8) is 0 Å². The zero-order valence-corrected chi connectivity index (χ0v) is 19.4. The molecule has 0 aliphatic carbocycles. The van der Waals surface area contributed by atoms with Gasteiger partial charge in [-0.05, 0) is 55.5 Å². The monoisotopic (exact) mass is 450 g/mol. The van der Waals surface area contributed by atoms with Crippen LogP contribution in [-0.4, -0.2) is 27.4 Å². The van der Waals surface area contributed by atoms with Crippen molar-refractivity contribution in [3.05, 3.63) is 95.6 Å². The van der Waals surface area contributed by atoms with Crippen LogP contribution in [0.4, 0.5) is 5.69 Å². The van der Waals surface area contributed by atoms with Crippen molar-refractivity contribution in [3.8, 4) is 0 Å². The SMILES string of the molecule is CCc1ccccc1N(CC(=O)NCCCc1cccc(C)c1)S(=O)(=O)c1ccccc1. The van der Waals surface area contributed by atoms with Crippen LogP contribution in [0.5, 0.6) is 0 Å². The van der Waals surface area contributed by atoms with Crippen molar-refractivity contribution in [2.24, 2.45) is 0 Å². The van der Waals surface area contributed by atoms with Gasteiger partial charge in [0.15, 0.2) is 0 Å². The van der Waals surface area contributed by atoms with E-state index < -0.39 is 10.0 Å². The van der Waals surface area contributed by atoms with Crippen LogP contribution in [0.3, 0.4) is 0 Å². The summed E-state index contributed by atoms with van der Waals surface area (Å²) in [6, 6.07) is 23.8. The lowest BCUT2D eigenvalue weighted by Crippen LogP contribution is -2.41. The van der Waals surface area contributed by atoms with Gasteiger partial charge in [0.25, 0.3) is 10.0 Å². The van der Waals surface area contributed by atoms with E-state index in [1.807, 2.05) is 25.1 Å². The topological polar surface area (TPSA) is 66.5 Å². The first-order chi connectivity index (χ1) is 15.4. The molecule has 5 nitrogen and oxygen atoms in total. The highest BCUT2D eigenvalue weighted by Crippen LogP contribution is 2.27. The standard InChI is InChI=1S/C26H30N2O3S/c1-3-23-14-7-8-17-25(23)28(32(30,31)24-15-5-4-6-16-24)20-26(29)27-18-10-13-22-12-9-11-21(2)19-22/h4-9,11-12,14-17,19H,3,10,13,18,20H2,1-2H3,(H,27,29). The summed E-state index contributed by atoms with van der Waals surface area (Å²) < 4.78 is 28.1. The average molecular weight is 451 g/mol. The average Bonchev–Trinajstić information content (AvgIpc) is 2.81. The van der Waals surface area contributed by atoms with E-state index in [4.69, 9.17) is 0 Å². The number of carbonyl (C=O) groups excluding carboxylic acids is 1. The third-order valence-corrected chi connectivity index (χ3v) is 7.08. The molecule has 168 valence electrons. The summed E-state index contributed by atoms with van der Waals surface area (Å²) in [6.45, 7) is 4.25. The molecular formula is C26H30N2O3S. The minimum absolute atomic E-state index is 0.165. The van der Waals surface area contributed by atoms with Gasteiger partial charge in [0.1, 0.15) is 6.54 Å². The quantitative estimate of drug-likeness (QED) is 0.463. The van der Waals surface area contributed by atoms with Gasteiger partial charge in [-0.15, -0.1) is 0 Å². The predicted octanol–water partition coefficient (Wildman–Crippen LogP) is 4.50. The molecule has 0 radical (unpaired) electrons.